The second-order valence-corrected chi connectivity index (χ2v) is 13.7. The Labute approximate surface area is 277 Å². The molecule has 47 heavy (non-hydrogen) atoms. The molecule has 0 saturated heterocycles. The van der Waals surface area contributed by atoms with Gasteiger partial charge in [0, 0.05) is 33.4 Å². The van der Waals surface area contributed by atoms with Crippen LogP contribution >= 0.6 is 11.3 Å². The third-order valence-electron chi connectivity index (χ3n) is 9.83. The first-order chi connectivity index (χ1) is 23.7. The van der Waals surface area contributed by atoms with Crippen molar-refractivity contribution in [1.29, 1.82) is 0 Å². The van der Waals surface area contributed by atoms with E-state index < -0.39 is 5.54 Å². The van der Waals surface area contributed by atoms with Crippen molar-refractivity contribution in [3.8, 4) is 22.4 Å². The van der Waals surface area contributed by atoms with Gasteiger partial charge in [0.1, 0.15) is 0 Å². The van der Waals surface area contributed by atoms with Crippen molar-refractivity contribution in [2.45, 2.75) is 19.4 Å². The predicted molar refractivity (Wildman–Crippen MR) is 200 cm³/mol. The van der Waals surface area contributed by atoms with E-state index in [9.17, 15) is 1.37 Å². The van der Waals surface area contributed by atoms with Crippen LogP contribution < -0.4 is 4.90 Å². The van der Waals surface area contributed by atoms with E-state index in [-0.39, 0.29) is 6.90 Å². The number of thiophene rings is 1. The third kappa shape index (κ3) is 3.67. The zero-order valence-corrected chi connectivity index (χ0v) is 26.6. The molecule has 0 radical (unpaired) electrons. The molecule has 9 aromatic rings. The van der Waals surface area contributed by atoms with E-state index in [1.54, 1.807) is 0 Å². The Morgan fingerprint density at radius 3 is 2.13 bits per heavy atom. The summed E-state index contributed by atoms with van der Waals surface area (Å²) in [5.74, 6) is 0.608. The zero-order valence-electron chi connectivity index (χ0n) is 26.7. The number of hydrogen-bond donors (Lipinski definition) is 0. The number of fused-ring (bicyclic) bond motifs is 13. The molecule has 0 aliphatic carbocycles. The van der Waals surface area contributed by atoms with Gasteiger partial charge in [-0.3, -0.25) is 4.90 Å². The van der Waals surface area contributed by atoms with Crippen molar-refractivity contribution in [1.82, 2.24) is 9.97 Å². The molecule has 2 aromatic heterocycles. The van der Waals surface area contributed by atoms with Gasteiger partial charge in [-0.2, -0.15) is 0 Å². The lowest BCUT2D eigenvalue weighted by Gasteiger charge is -2.46. The molecule has 0 spiro atoms. The van der Waals surface area contributed by atoms with Crippen molar-refractivity contribution in [2.24, 2.45) is 0 Å². The molecule has 7 aromatic carbocycles. The zero-order chi connectivity index (χ0) is 32.0. The smallest absolute Gasteiger partial charge is 0.231 e. The van der Waals surface area contributed by atoms with Crippen LogP contribution in [0.3, 0.4) is 0 Å². The van der Waals surface area contributed by atoms with Crippen LogP contribution in [0.5, 0.6) is 0 Å². The Balaban J connectivity index is 1.44. The molecule has 4 heteroatoms. The van der Waals surface area contributed by atoms with Gasteiger partial charge in [-0.05, 0) is 58.6 Å². The van der Waals surface area contributed by atoms with Crippen LogP contribution in [0.4, 0.5) is 11.6 Å². The number of anilines is 2. The summed E-state index contributed by atoms with van der Waals surface area (Å²) in [6.07, 6.45) is 0. The average Bonchev–Trinajstić information content (AvgIpc) is 3.54. The van der Waals surface area contributed by atoms with E-state index in [0.717, 1.165) is 33.4 Å². The lowest BCUT2D eigenvalue weighted by molar-refractivity contribution is 0.525. The monoisotopic (exact) mass is 620 g/mol. The number of para-hydroxylation sites is 1. The SMILES string of the molecule is [2H]CC1(C)c2ccc3ccccc3c2-c2c(c3sc4ccccc4c3c3ccccc23)N1c1nc(-c2ccccc2)c2ccccc2n1. The molecule has 1 unspecified atom stereocenters. The first-order valence-electron chi connectivity index (χ1n) is 16.7. The third-order valence-corrected chi connectivity index (χ3v) is 11.0. The van der Waals surface area contributed by atoms with Gasteiger partial charge >= 0.3 is 0 Å². The standard InChI is InChI=1S/C43H29N3S/c1-43(2)33-25-24-26-14-6-7-17-28(26)37(33)38-30-19-9-8-18-29(30)36-32-21-11-13-23-35(32)47-41(36)40(38)46(43)42-44-34-22-12-10-20-31(34)39(45-42)27-15-4-3-5-16-27/h3-25H,1-2H3/i1D. The highest BCUT2D eigenvalue weighted by Gasteiger charge is 2.43. The fourth-order valence-electron chi connectivity index (χ4n) is 7.76. The van der Waals surface area contributed by atoms with Crippen LogP contribution in [0.2, 0.25) is 0 Å². The molecule has 222 valence electrons. The second-order valence-electron chi connectivity index (χ2n) is 12.6. The van der Waals surface area contributed by atoms with Gasteiger partial charge in [0.05, 0.1) is 27.1 Å². The molecular formula is C43H29N3S. The van der Waals surface area contributed by atoms with Crippen LogP contribution in [0.1, 0.15) is 20.8 Å². The number of nitrogens with zero attached hydrogens (tertiary/aromatic N) is 3. The van der Waals surface area contributed by atoms with Crippen LogP contribution in [-0.2, 0) is 5.54 Å². The molecule has 0 bridgehead atoms. The summed E-state index contributed by atoms with van der Waals surface area (Å²) in [5.41, 5.74) is 6.63. The summed E-state index contributed by atoms with van der Waals surface area (Å²) in [4.78, 5) is 13.1. The van der Waals surface area contributed by atoms with Crippen molar-refractivity contribution >= 4 is 75.6 Å². The molecule has 1 aliphatic heterocycles. The molecule has 0 fully saturated rings. The summed E-state index contributed by atoms with van der Waals surface area (Å²) < 4.78 is 11.8. The van der Waals surface area contributed by atoms with Gasteiger partial charge in [0.25, 0.3) is 0 Å². The fraction of sp³-hybridized carbons (Fsp3) is 0.0698. The first kappa shape index (κ1) is 25.6. The maximum Gasteiger partial charge on any atom is 0.231 e. The van der Waals surface area contributed by atoms with Gasteiger partial charge in [0.15, 0.2) is 0 Å². The quantitative estimate of drug-likeness (QED) is 0.193. The summed E-state index contributed by atoms with van der Waals surface area (Å²) in [5, 5.41) is 8.33. The lowest BCUT2D eigenvalue weighted by Crippen LogP contribution is -2.42. The summed E-state index contributed by atoms with van der Waals surface area (Å²) in [7, 11) is 0. The minimum atomic E-state index is -0.770. The van der Waals surface area contributed by atoms with Crippen LogP contribution in [-0.4, -0.2) is 9.97 Å². The maximum absolute atomic E-state index is 9.32. The van der Waals surface area contributed by atoms with E-state index in [0.29, 0.717) is 5.95 Å². The van der Waals surface area contributed by atoms with Gasteiger partial charge in [-0.1, -0.05) is 127 Å². The number of benzene rings is 7. The van der Waals surface area contributed by atoms with E-state index in [4.69, 9.17) is 9.97 Å². The van der Waals surface area contributed by atoms with Gasteiger partial charge < -0.3 is 0 Å². The molecule has 1 aliphatic rings. The summed E-state index contributed by atoms with van der Waals surface area (Å²) in [6.45, 7) is 2.32. The van der Waals surface area contributed by atoms with E-state index in [1.807, 2.05) is 23.5 Å². The lowest BCUT2D eigenvalue weighted by atomic mass is 9.76. The average molecular weight is 621 g/mol. The second kappa shape index (κ2) is 9.71. The summed E-state index contributed by atoms with van der Waals surface area (Å²) in [6, 6.07) is 49.3. The largest absolute Gasteiger partial charge is 0.299 e. The van der Waals surface area contributed by atoms with Crippen LogP contribution in [0.25, 0.3) is 75.0 Å². The molecule has 0 amide bonds. The number of hydrogen-bond acceptors (Lipinski definition) is 4. The van der Waals surface area contributed by atoms with E-state index >= 15 is 0 Å². The number of rotatable bonds is 2. The Bertz CT molecular complexity index is 2750. The van der Waals surface area contributed by atoms with Crippen LogP contribution in [0, 0.1) is 0 Å². The van der Waals surface area contributed by atoms with Crippen molar-refractivity contribution < 1.29 is 1.37 Å². The Kier molecular flexibility index (Phi) is 5.29. The fourth-order valence-corrected chi connectivity index (χ4v) is 9.02. The van der Waals surface area contributed by atoms with Gasteiger partial charge in [0.2, 0.25) is 5.95 Å². The first-order valence-corrected chi connectivity index (χ1v) is 16.8. The normalized spacial score (nSPS) is 16.2. The van der Waals surface area contributed by atoms with Gasteiger partial charge in [-0.25, -0.2) is 9.97 Å². The maximum atomic E-state index is 9.32. The topological polar surface area (TPSA) is 29.0 Å². The molecule has 10 rings (SSSR count). The Morgan fingerprint density at radius 2 is 1.30 bits per heavy atom. The molecular weight excluding hydrogens is 591 g/mol. The molecule has 1 atom stereocenters. The number of aromatic nitrogens is 2. The van der Waals surface area contributed by atoms with Gasteiger partial charge in [-0.15, -0.1) is 11.3 Å². The highest BCUT2D eigenvalue weighted by molar-refractivity contribution is 7.26. The van der Waals surface area contributed by atoms with E-state index in [2.05, 4.69) is 139 Å². The molecule has 3 nitrogen and oxygen atoms in total. The molecule has 0 N–H and O–H groups in total. The molecule has 3 heterocycles. The van der Waals surface area contributed by atoms with E-state index in [1.165, 1.54) is 52.8 Å². The van der Waals surface area contributed by atoms with Crippen molar-refractivity contribution in [3.63, 3.8) is 0 Å². The highest BCUT2D eigenvalue weighted by atomic mass is 32.1. The summed E-state index contributed by atoms with van der Waals surface area (Å²) >= 11 is 1.83. The predicted octanol–water partition coefficient (Wildman–Crippen LogP) is 12.0. The van der Waals surface area contributed by atoms with Crippen molar-refractivity contribution in [3.05, 3.63) is 145 Å². The minimum absolute atomic E-state index is 0.119. The van der Waals surface area contributed by atoms with Crippen molar-refractivity contribution in [2.75, 3.05) is 4.90 Å². The Morgan fingerprint density at radius 1 is 0.617 bits per heavy atom. The Hall–Kier alpha value is -5.58. The minimum Gasteiger partial charge on any atom is -0.299 e. The van der Waals surface area contributed by atoms with Crippen LogP contribution in [0.15, 0.2) is 140 Å². The molecule has 0 saturated carbocycles. The highest BCUT2D eigenvalue weighted by Crippen LogP contribution is 2.59.